The van der Waals surface area contributed by atoms with Gasteiger partial charge in [-0.3, -0.25) is 0 Å². The molecule has 1 rings (SSSR count). The predicted octanol–water partition coefficient (Wildman–Crippen LogP) is 1.33. The van der Waals surface area contributed by atoms with Crippen molar-refractivity contribution >= 4 is 17.4 Å². The van der Waals surface area contributed by atoms with Gasteiger partial charge >= 0.3 is 0 Å². The summed E-state index contributed by atoms with van der Waals surface area (Å²) in [6, 6.07) is 1.65. The lowest BCUT2D eigenvalue weighted by Gasteiger charge is -2.02. The first-order valence-electron chi connectivity index (χ1n) is 2.69. The van der Waals surface area contributed by atoms with Gasteiger partial charge in [-0.15, -0.1) is 0 Å². The van der Waals surface area contributed by atoms with Gasteiger partial charge in [0.05, 0.1) is 7.11 Å². The zero-order valence-electron chi connectivity index (χ0n) is 5.47. The Hall–Kier alpha value is -0.960. The number of ether oxygens (including phenoxy) is 1. The summed E-state index contributed by atoms with van der Waals surface area (Å²) < 4.78 is 4.87. The van der Waals surface area contributed by atoms with Crippen molar-refractivity contribution < 1.29 is 4.74 Å². The lowest BCUT2D eigenvalue weighted by molar-refractivity contribution is 0.415. The number of rotatable bonds is 1. The van der Waals surface area contributed by atoms with E-state index >= 15 is 0 Å². The van der Waals surface area contributed by atoms with Crippen LogP contribution in [0.15, 0.2) is 12.3 Å². The van der Waals surface area contributed by atoms with Crippen LogP contribution >= 0.6 is 11.6 Å². The molecule has 0 aliphatic heterocycles. The molecular weight excluding hydrogens is 152 g/mol. The molecule has 0 amide bonds. The fourth-order valence-corrected chi connectivity index (χ4v) is 0.788. The maximum atomic E-state index is 5.68. The quantitative estimate of drug-likeness (QED) is 0.671. The summed E-state index contributed by atoms with van der Waals surface area (Å²) in [5, 5.41) is 0.366. The normalized spacial score (nSPS) is 9.40. The molecule has 0 fully saturated rings. The van der Waals surface area contributed by atoms with E-state index in [0.717, 1.165) is 0 Å². The molecule has 2 N–H and O–H groups in total. The molecule has 0 unspecified atom stereocenters. The third-order valence-electron chi connectivity index (χ3n) is 1.10. The van der Waals surface area contributed by atoms with Crippen LogP contribution < -0.4 is 10.5 Å². The van der Waals surface area contributed by atoms with E-state index < -0.39 is 0 Å². The minimum absolute atomic E-state index is 0.293. The second-order valence-corrected chi connectivity index (χ2v) is 2.09. The second-order valence-electron chi connectivity index (χ2n) is 1.71. The van der Waals surface area contributed by atoms with E-state index in [1.54, 1.807) is 12.3 Å². The smallest absolute Gasteiger partial charge is 0.145 e. The van der Waals surface area contributed by atoms with Crippen molar-refractivity contribution in [3.63, 3.8) is 0 Å². The van der Waals surface area contributed by atoms with Crippen LogP contribution in [-0.2, 0) is 0 Å². The van der Waals surface area contributed by atoms with E-state index in [4.69, 9.17) is 22.1 Å². The first-order valence-corrected chi connectivity index (χ1v) is 3.07. The van der Waals surface area contributed by atoms with E-state index in [2.05, 4.69) is 4.98 Å². The average Bonchev–Trinajstić information content (AvgIpc) is 1.95. The third kappa shape index (κ3) is 1.14. The molecule has 1 heterocycles. The van der Waals surface area contributed by atoms with Crippen molar-refractivity contribution in [3.8, 4) is 5.75 Å². The lowest BCUT2D eigenvalue weighted by Crippen LogP contribution is -1.92. The van der Waals surface area contributed by atoms with Crippen molar-refractivity contribution in [1.29, 1.82) is 0 Å². The molecule has 1 aromatic rings. The highest BCUT2D eigenvalue weighted by Gasteiger charge is 2.02. The maximum absolute atomic E-state index is 5.68. The van der Waals surface area contributed by atoms with Gasteiger partial charge in [-0.25, -0.2) is 4.98 Å². The van der Waals surface area contributed by atoms with Crippen LogP contribution in [0, 0.1) is 0 Å². The van der Waals surface area contributed by atoms with Crippen molar-refractivity contribution in [2.24, 2.45) is 0 Å². The predicted molar refractivity (Wildman–Crippen MR) is 40.2 cm³/mol. The van der Waals surface area contributed by atoms with E-state index in [1.807, 2.05) is 0 Å². The van der Waals surface area contributed by atoms with Crippen LogP contribution in [0.25, 0.3) is 0 Å². The number of nitrogens with two attached hydrogens (primary N) is 1. The Morgan fingerprint density at radius 1 is 1.70 bits per heavy atom. The van der Waals surface area contributed by atoms with Crippen LogP contribution in [-0.4, -0.2) is 12.1 Å². The molecule has 10 heavy (non-hydrogen) atoms. The van der Waals surface area contributed by atoms with Gasteiger partial charge in [0.25, 0.3) is 0 Å². The van der Waals surface area contributed by atoms with Crippen LogP contribution in [0.5, 0.6) is 5.75 Å². The highest BCUT2D eigenvalue weighted by molar-refractivity contribution is 6.34. The van der Waals surface area contributed by atoms with Crippen molar-refractivity contribution in [2.45, 2.75) is 0 Å². The largest absolute Gasteiger partial charge is 0.495 e. The second kappa shape index (κ2) is 2.75. The summed E-state index contributed by atoms with van der Waals surface area (Å²) in [5.74, 6) is 0.843. The highest BCUT2D eigenvalue weighted by Crippen LogP contribution is 2.26. The molecule has 0 saturated carbocycles. The Labute approximate surface area is 63.8 Å². The van der Waals surface area contributed by atoms with Gasteiger partial charge in [0.15, 0.2) is 0 Å². The van der Waals surface area contributed by atoms with Crippen LogP contribution in [0.3, 0.4) is 0 Å². The summed E-state index contributed by atoms with van der Waals surface area (Å²) in [6.07, 6.45) is 1.54. The minimum atomic E-state index is 0.293. The Morgan fingerprint density at radius 2 is 2.40 bits per heavy atom. The molecule has 0 radical (unpaired) electrons. The zero-order chi connectivity index (χ0) is 7.56. The molecule has 3 nitrogen and oxygen atoms in total. The van der Waals surface area contributed by atoms with Gasteiger partial charge < -0.3 is 10.5 Å². The molecule has 54 valence electrons. The Bertz CT molecular complexity index is 239. The Balaban J connectivity index is 3.14. The Morgan fingerprint density at radius 3 is 2.90 bits per heavy atom. The molecule has 0 aromatic carbocycles. The minimum Gasteiger partial charge on any atom is -0.495 e. The first-order chi connectivity index (χ1) is 4.75. The third-order valence-corrected chi connectivity index (χ3v) is 1.48. The van der Waals surface area contributed by atoms with Gasteiger partial charge in [0.1, 0.15) is 16.6 Å². The summed E-state index contributed by atoms with van der Waals surface area (Å²) >= 11 is 5.68. The number of pyridine rings is 1. The molecule has 0 bridgehead atoms. The van der Waals surface area contributed by atoms with Crippen LogP contribution in [0.4, 0.5) is 5.82 Å². The number of methoxy groups -OCH3 is 1. The summed E-state index contributed by atoms with van der Waals surface area (Å²) in [5.41, 5.74) is 5.37. The molecule has 0 aliphatic carbocycles. The number of nitrogen functional groups attached to an aromatic ring is 1. The molecule has 4 heteroatoms. The summed E-state index contributed by atoms with van der Waals surface area (Å²) in [4.78, 5) is 3.75. The monoisotopic (exact) mass is 158 g/mol. The molecule has 0 spiro atoms. The van der Waals surface area contributed by atoms with E-state index in [0.29, 0.717) is 16.6 Å². The van der Waals surface area contributed by atoms with Gasteiger partial charge in [-0.05, 0) is 0 Å². The standard InChI is InChI=1S/C6H7ClN2O/c1-10-4-2-3-9-6(8)5(4)7/h2-3H,1H3,(H2,8,9). The van der Waals surface area contributed by atoms with Crippen LogP contribution in [0.1, 0.15) is 0 Å². The van der Waals surface area contributed by atoms with E-state index in [9.17, 15) is 0 Å². The van der Waals surface area contributed by atoms with E-state index in [1.165, 1.54) is 7.11 Å². The van der Waals surface area contributed by atoms with Gasteiger partial charge in [-0.1, -0.05) is 11.6 Å². The number of hydrogen-bond acceptors (Lipinski definition) is 3. The maximum Gasteiger partial charge on any atom is 0.145 e. The number of nitrogens with zero attached hydrogens (tertiary/aromatic N) is 1. The highest BCUT2D eigenvalue weighted by atomic mass is 35.5. The molecular formula is C6H7ClN2O. The van der Waals surface area contributed by atoms with Crippen molar-refractivity contribution in [2.75, 3.05) is 12.8 Å². The Kier molecular flexibility index (Phi) is 1.97. The summed E-state index contributed by atoms with van der Waals surface area (Å²) in [7, 11) is 1.53. The van der Waals surface area contributed by atoms with Crippen molar-refractivity contribution in [1.82, 2.24) is 4.98 Å². The molecule has 1 aromatic heterocycles. The van der Waals surface area contributed by atoms with Crippen molar-refractivity contribution in [3.05, 3.63) is 17.3 Å². The fourth-order valence-electron chi connectivity index (χ4n) is 0.599. The zero-order valence-corrected chi connectivity index (χ0v) is 6.22. The summed E-state index contributed by atoms with van der Waals surface area (Å²) in [6.45, 7) is 0. The number of halogens is 1. The lowest BCUT2D eigenvalue weighted by atomic mass is 10.4. The van der Waals surface area contributed by atoms with Gasteiger partial charge in [0, 0.05) is 12.3 Å². The first kappa shape index (κ1) is 7.15. The van der Waals surface area contributed by atoms with Gasteiger partial charge in [0.2, 0.25) is 0 Å². The SMILES string of the molecule is COc1ccnc(N)c1Cl. The molecule has 0 saturated heterocycles. The van der Waals surface area contributed by atoms with Gasteiger partial charge in [-0.2, -0.15) is 0 Å². The van der Waals surface area contributed by atoms with E-state index in [-0.39, 0.29) is 0 Å². The molecule has 0 atom stereocenters. The van der Waals surface area contributed by atoms with Crippen LogP contribution in [0.2, 0.25) is 5.02 Å². The average molecular weight is 159 g/mol. The fraction of sp³-hybridized carbons (Fsp3) is 0.167. The number of anilines is 1. The number of aromatic nitrogens is 1. The topological polar surface area (TPSA) is 48.1 Å². The molecule has 0 aliphatic rings. The number of hydrogen-bond donors (Lipinski definition) is 1.